The van der Waals surface area contributed by atoms with Crippen molar-refractivity contribution in [3.63, 3.8) is 0 Å². The first-order valence-corrected chi connectivity index (χ1v) is 7.03. The van der Waals surface area contributed by atoms with Crippen LogP contribution in [0.1, 0.15) is 5.56 Å². The molecular formula is C11H14ClF3N2O2S. The second-order valence-corrected chi connectivity index (χ2v) is 6.29. The van der Waals surface area contributed by atoms with Crippen LogP contribution in [0, 0.1) is 0 Å². The van der Waals surface area contributed by atoms with Gasteiger partial charge in [0.25, 0.3) is 0 Å². The highest BCUT2D eigenvalue weighted by Crippen LogP contribution is 2.35. The minimum atomic E-state index is -4.69. The Morgan fingerprint density at radius 3 is 2.25 bits per heavy atom. The van der Waals surface area contributed by atoms with Gasteiger partial charge in [0.15, 0.2) is 0 Å². The lowest BCUT2D eigenvalue weighted by Crippen LogP contribution is -2.57. The van der Waals surface area contributed by atoms with Crippen molar-refractivity contribution in [2.45, 2.75) is 17.1 Å². The molecule has 0 spiro atoms. The first-order valence-electron chi connectivity index (χ1n) is 5.59. The van der Waals surface area contributed by atoms with Crippen LogP contribution in [0.4, 0.5) is 13.2 Å². The van der Waals surface area contributed by atoms with Gasteiger partial charge in [-0.25, -0.2) is 8.42 Å². The summed E-state index contributed by atoms with van der Waals surface area (Å²) in [6, 6.07) is 3.92. The van der Waals surface area contributed by atoms with Crippen LogP contribution in [0.3, 0.4) is 0 Å². The van der Waals surface area contributed by atoms with Crippen molar-refractivity contribution in [2.24, 2.45) is 0 Å². The summed E-state index contributed by atoms with van der Waals surface area (Å²) < 4.78 is 64.0. The van der Waals surface area contributed by atoms with Crippen LogP contribution in [0.25, 0.3) is 0 Å². The van der Waals surface area contributed by atoms with Crippen molar-refractivity contribution in [3.05, 3.63) is 29.8 Å². The van der Waals surface area contributed by atoms with Crippen molar-refractivity contribution in [1.29, 1.82) is 0 Å². The summed E-state index contributed by atoms with van der Waals surface area (Å²) in [6.45, 7) is 0.897. The minimum absolute atomic E-state index is 0. The van der Waals surface area contributed by atoms with E-state index in [2.05, 4.69) is 5.32 Å². The van der Waals surface area contributed by atoms with Gasteiger partial charge in [0.05, 0.1) is 10.5 Å². The van der Waals surface area contributed by atoms with E-state index in [-0.39, 0.29) is 18.4 Å². The van der Waals surface area contributed by atoms with Crippen LogP contribution in [0.5, 0.6) is 0 Å². The molecule has 4 nitrogen and oxygen atoms in total. The van der Waals surface area contributed by atoms with E-state index in [4.69, 9.17) is 0 Å². The van der Waals surface area contributed by atoms with Gasteiger partial charge in [-0.2, -0.15) is 17.5 Å². The van der Waals surface area contributed by atoms with Crippen molar-refractivity contribution in [2.75, 3.05) is 20.1 Å². The smallest absolute Gasteiger partial charge is 0.313 e. The van der Waals surface area contributed by atoms with Crippen molar-refractivity contribution in [1.82, 2.24) is 9.62 Å². The second kappa shape index (κ2) is 5.88. The normalized spacial score (nSPS) is 16.6. The highest BCUT2D eigenvalue weighted by atomic mass is 35.5. The number of likely N-dealkylation sites (N-methyl/N-ethyl adjacent to an activating group) is 1. The number of benzene rings is 1. The maximum atomic E-state index is 12.8. The fraction of sp³-hybridized carbons (Fsp3) is 0.455. The zero-order valence-corrected chi connectivity index (χ0v) is 12.1. The minimum Gasteiger partial charge on any atom is -0.313 e. The van der Waals surface area contributed by atoms with E-state index < -0.39 is 26.7 Å². The molecule has 1 aliphatic heterocycles. The van der Waals surface area contributed by atoms with Crippen LogP contribution in [0.2, 0.25) is 0 Å². The highest BCUT2D eigenvalue weighted by Gasteiger charge is 2.40. The Hall–Kier alpha value is -0.830. The van der Waals surface area contributed by atoms with Gasteiger partial charge in [-0.3, -0.25) is 0 Å². The SMILES string of the molecule is CN(C1CNC1)S(=O)(=O)c1ccccc1C(F)(F)F.Cl. The molecule has 0 bridgehead atoms. The second-order valence-electron chi connectivity index (χ2n) is 4.33. The first kappa shape index (κ1) is 17.2. The van der Waals surface area contributed by atoms with Crippen LogP contribution in [-0.4, -0.2) is 38.9 Å². The van der Waals surface area contributed by atoms with E-state index in [0.29, 0.717) is 13.1 Å². The Balaban J connectivity index is 0.00000200. The molecule has 1 aliphatic rings. The van der Waals surface area contributed by atoms with Gasteiger partial charge in [0.1, 0.15) is 0 Å². The van der Waals surface area contributed by atoms with E-state index in [1.807, 2.05) is 0 Å². The summed E-state index contributed by atoms with van der Waals surface area (Å²) >= 11 is 0. The maximum absolute atomic E-state index is 12.8. The molecular weight excluding hydrogens is 317 g/mol. The van der Waals surface area contributed by atoms with E-state index in [1.165, 1.54) is 19.2 Å². The average molecular weight is 331 g/mol. The molecule has 1 aromatic carbocycles. The molecule has 20 heavy (non-hydrogen) atoms. The molecule has 1 aromatic rings. The maximum Gasteiger partial charge on any atom is 0.417 e. The molecule has 0 amide bonds. The monoisotopic (exact) mass is 330 g/mol. The molecule has 1 fully saturated rings. The van der Waals surface area contributed by atoms with Crippen LogP contribution in [0.15, 0.2) is 29.2 Å². The van der Waals surface area contributed by atoms with E-state index in [9.17, 15) is 21.6 Å². The molecule has 0 unspecified atom stereocenters. The molecule has 0 saturated carbocycles. The molecule has 114 valence electrons. The van der Waals surface area contributed by atoms with Gasteiger partial charge in [0.2, 0.25) is 10.0 Å². The molecule has 1 N–H and O–H groups in total. The highest BCUT2D eigenvalue weighted by molar-refractivity contribution is 7.89. The summed E-state index contributed by atoms with van der Waals surface area (Å²) in [6.07, 6.45) is -4.69. The molecule has 0 aromatic heterocycles. The Kier molecular flexibility index (Phi) is 5.07. The lowest BCUT2D eigenvalue weighted by Gasteiger charge is -2.35. The fourth-order valence-electron chi connectivity index (χ4n) is 1.81. The Morgan fingerprint density at radius 1 is 1.25 bits per heavy atom. The van der Waals surface area contributed by atoms with Gasteiger partial charge in [-0.15, -0.1) is 12.4 Å². The third kappa shape index (κ3) is 3.08. The third-order valence-corrected chi connectivity index (χ3v) is 5.09. The van der Waals surface area contributed by atoms with Crippen LogP contribution < -0.4 is 5.32 Å². The molecule has 0 aliphatic carbocycles. The van der Waals surface area contributed by atoms with Gasteiger partial charge in [-0.1, -0.05) is 12.1 Å². The fourth-order valence-corrected chi connectivity index (χ4v) is 3.37. The van der Waals surface area contributed by atoms with Gasteiger partial charge in [-0.05, 0) is 12.1 Å². The number of rotatable bonds is 3. The number of alkyl halides is 3. The summed E-state index contributed by atoms with van der Waals surface area (Å²) in [7, 11) is -2.84. The number of nitrogens with one attached hydrogen (secondary N) is 1. The molecule has 2 rings (SSSR count). The van der Waals surface area contributed by atoms with Crippen molar-refractivity contribution < 1.29 is 21.6 Å². The molecule has 0 radical (unpaired) electrons. The van der Waals surface area contributed by atoms with Gasteiger partial charge in [0, 0.05) is 26.2 Å². The predicted octanol–water partition coefficient (Wildman–Crippen LogP) is 1.72. The van der Waals surface area contributed by atoms with Crippen LogP contribution in [-0.2, 0) is 16.2 Å². The van der Waals surface area contributed by atoms with Crippen molar-refractivity contribution in [3.8, 4) is 0 Å². The van der Waals surface area contributed by atoms with Crippen LogP contribution >= 0.6 is 12.4 Å². The lowest BCUT2D eigenvalue weighted by atomic mass is 10.2. The van der Waals surface area contributed by atoms with Gasteiger partial charge < -0.3 is 5.32 Å². The zero-order valence-electron chi connectivity index (χ0n) is 10.5. The number of hydrogen-bond acceptors (Lipinski definition) is 3. The molecule has 1 heterocycles. The Labute approximate surface area is 121 Å². The van der Waals surface area contributed by atoms with E-state index in [0.717, 1.165) is 16.4 Å². The summed E-state index contributed by atoms with van der Waals surface area (Å²) in [5.74, 6) is 0. The average Bonchev–Trinajstić information content (AvgIpc) is 2.25. The number of sulfonamides is 1. The largest absolute Gasteiger partial charge is 0.417 e. The predicted molar refractivity (Wildman–Crippen MR) is 70.3 cm³/mol. The summed E-state index contributed by atoms with van der Waals surface area (Å²) in [5, 5.41) is 2.88. The number of nitrogens with zero attached hydrogens (tertiary/aromatic N) is 1. The Morgan fingerprint density at radius 2 is 1.80 bits per heavy atom. The molecule has 0 atom stereocenters. The third-order valence-electron chi connectivity index (χ3n) is 3.12. The topological polar surface area (TPSA) is 49.4 Å². The number of hydrogen-bond donors (Lipinski definition) is 1. The summed E-state index contributed by atoms with van der Waals surface area (Å²) in [5.41, 5.74) is -1.13. The van der Waals surface area contributed by atoms with E-state index >= 15 is 0 Å². The van der Waals surface area contributed by atoms with Gasteiger partial charge >= 0.3 is 6.18 Å². The first-order chi connectivity index (χ1) is 8.74. The zero-order chi connectivity index (χ0) is 14.3. The standard InChI is InChI=1S/C11H13F3N2O2S.ClH/c1-16(8-6-15-7-8)19(17,18)10-5-3-2-4-9(10)11(12,13)14;/h2-5,8,15H,6-7H2,1H3;1H. The summed E-state index contributed by atoms with van der Waals surface area (Å²) in [4.78, 5) is -0.697. The van der Waals surface area contributed by atoms with E-state index in [1.54, 1.807) is 0 Å². The molecule has 9 heteroatoms. The lowest BCUT2D eigenvalue weighted by molar-refractivity contribution is -0.139. The van der Waals surface area contributed by atoms with Crippen molar-refractivity contribution >= 4 is 22.4 Å². The quantitative estimate of drug-likeness (QED) is 0.918. The molecule has 1 saturated heterocycles. The number of halogens is 4. The Bertz CT molecular complexity index is 573.